The summed E-state index contributed by atoms with van der Waals surface area (Å²) in [5.41, 5.74) is 1.65. The van der Waals surface area contributed by atoms with Crippen molar-refractivity contribution in [2.24, 2.45) is 0 Å². The van der Waals surface area contributed by atoms with Crippen molar-refractivity contribution < 1.29 is 14.3 Å². The fourth-order valence-corrected chi connectivity index (χ4v) is 3.98. The van der Waals surface area contributed by atoms with E-state index in [1.165, 1.54) is 4.57 Å². The number of nitrogens with zero attached hydrogens (tertiary/aromatic N) is 1. The fraction of sp³-hybridized carbons (Fsp3) is 0.227. The van der Waals surface area contributed by atoms with Gasteiger partial charge in [0.1, 0.15) is 13.2 Å². The van der Waals surface area contributed by atoms with E-state index < -0.39 is 0 Å². The van der Waals surface area contributed by atoms with Crippen LogP contribution in [0.25, 0.3) is 10.9 Å². The van der Waals surface area contributed by atoms with Crippen LogP contribution < -0.4 is 20.3 Å². The number of nitrogens with one attached hydrogen (secondary N) is 2. The van der Waals surface area contributed by atoms with Crippen molar-refractivity contribution in [2.75, 3.05) is 19.8 Å². The van der Waals surface area contributed by atoms with Crippen LogP contribution >= 0.6 is 23.8 Å². The Morgan fingerprint density at radius 3 is 2.90 bits per heavy atom. The Morgan fingerprint density at radius 1 is 1.29 bits per heavy atom. The topological polar surface area (TPSA) is 85.3 Å². The third kappa shape index (κ3) is 4.35. The number of halogens is 1. The number of hydrogen-bond donors (Lipinski definition) is 2. The molecule has 0 radical (unpaired) electrons. The number of aromatic amines is 1. The van der Waals surface area contributed by atoms with Gasteiger partial charge in [-0.1, -0.05) is 17.7 Å². The van der Waals surface area contributed by atoms with Gasteiger partial charge in [0.15, 0.2) is 16.3 Å². The molecular weight excluding hydrogens is 438 g/mol. The number of amides is 1. The number of allylic oxidation sites excluding steroid dienone is 1. The quantitative estimate of drug-likeness (QED) is 0.436. The SMILES string of the molecule is C=CCn1c(=S)[nH]c2cc(C(=O)NCCc3cc(Cl)c4c(c3)OCCO4)ccc2c1=O. The average molecular weight is 458 g/mol. The Morgan fingerprint density at radius 2 is 2.10 bits per heavy atom. The van der Waals surface area contributed by atoms with E-state index in [1.807, 2.05) is 12.1 Å². The van der Waals surface area contributed by atoms with Gasteiger partial charge in [0.05, 0.1) is 15.9 Å². The number of ether oxygens (including phenoxy) is 2. The van der Waals surface area contributed by atoms with Crippen molar-refractivity contribution in [3.05, 3.63) is 74.3 Å². The van der Waals surface area contributed by atoms with Crippen LogP contribution in [0.4, 0.5) is 0 Å². The number of hydrogen-bond acceptors (Lipinski definition) is 5. The van der Waals surface area contributed by atoms with Crippen LogP contribution in [-0.2, 0) is 13.0 Å². The number of rotatable bonds is 6. The number of benzene rings is 2. The summed E-state index contributed by atoms with van der Waals surface area (Å²) in [6, 6.07) is 8.55. The predicted molar refractivity (Wildman–Crippen MR) is 122 cm³/mol. The lowest BCUT2D eigenvalue weighted by atomic mass is 10.1. The van der Waals surface area contributed by atoms with E-state index in [-0.39, 0.29) is 16.2 Å². The van der Waals surface area contributed by atoms with Gasteiger partial charge in [-0.2, -0.15) is 0 Å². The maximum Gasteiger partial charge on any atom is 0.262 e. The molecule has 0 bridgehead atoms. The summed E-state index contributed by atoms with van der Waals surface area (Å²) in [4.78, 5) is 28.2. The molecule has 0 aliphatic carbocycles. The molecule has 31 heavy (non-hydrogen) atoms. The maximum atomic E-state index is 12.6. The Balaban J connectivity index is 1.47. The zero-order valence-corrected chi connectivity index (χ0v) is 18.1. The van der Waals surface area contributed by atoms with E-state index in [1.54, 1.807) is 24.3 Å². The number of aromatic nitrogens is 2. The summed E-state index contributed by atoms with van der Waals surface area (Å²) in [5, 5.41) is 3.83. The minimum atomic E-state index is -0.250. The molecule has 1 aromatic heterocycles. The third-order valence-corrected chi connectivity index (χ3v) is 5.51. The molecule has 4 rings (SSSR count). The van der Waals surface area contributed by atoms with Crippen molar-refractivity contribution in [1.82, 2.24) is 14.9 Å². The monoisotopic (exact) mass is 457 g/mol. The first kappa shape index (κ1) is 21.1. The lowest BCUT2D eigenvalue weighted by Crippen LogP contribution is -2.26. The van der Waals surface area contributed by atoms with Gasteiger partial charge in [-0.15, -0.1) is 6.58 Å². The van der Waals surface area contributed by atoms with Gasteiger partial charge in [-0.05, 0) is 54.5 Å². The van der Waals surface area contributed by atoms with E-state index in [9.17, 15) is 9.59 Å². The smallest absolute Gasteiger partial charge is 0.262 e. The average Bonchev–Trinajstić information content (AvgIpc) is 2.76. The Bertz CT molecular complexity index is 1300. The van der Waals surface area contributed by atoms with Gasteiger partial charge in [-0.3, -0.25) is 14.2 Å². The third-order valence-electron chi connectivity index (χ3n) is 4.91. The molecule has 1 aliphatic heterocycles. The lowest BCUT2D eigenvalue weighted by Gasteiger charge is -2.20. The minimum absolute atomic E-state index is 0.221. The molecule has 9 heteroatoms. The predicted octanol–water partition coefficient (Wildman–Crippen LogP) is 3.64. The second kappa shape index (κ2) is 8.95. The lowest BCUT2D eigenvalue weighted by molar-refractivity contribution is 0.0954. The Kier molecular flexibility index (Phi) is 6.11. The second-order valence-corrected chi connectivity index (χ2v) is 7.80. The Labute approximate surface area is 188 Å². The molecule has 0 saturated heterocycles. The molecule has 160 valence electrons. The van der Waals surface area contributed by atoms with E-state index in [2.05, 4.69) is 16.9 Å². The van der Waals surface area contributed by atoms with Crippen LogP contribution in [0.15, 0.2) is 47.8 Å². The molecule has 3 aromatic rings. The van der Waals surface area contributed by atoms with Crippen molar-refractivity contribution >= 4 is 40.6 Å². The standard InChI is InChI=1S/C22H20ClN3O4S/c1-2-7-26-21(28)15-4-3-14(12-17(15)25-22(26)31)20(27)24-6-5-13-10-16(23)19-18(11-13)29-8-9-30-19/h2-4,10-12H,1,5-9H2,(H,24,27)(H,25,31). The molecule has 2 aromatic carbocycles. The molecule has 0 atom stereocenters. The van der Waals surface area contributed by atoms with Crippen LogP contribution in [0.1, 0.15) is 15.9 Å². The molecule has 1 amide bonds. The second-order valence-electron chi connectivity index (χ2n) is 7.00. The van der Waals surface area contributed by atoms with Gasteiger partial charge in [0, 0.05) is 18.7 Å². The van der Waals surface area contributed by atoms with Crippen LogP contribution in [0.3, 0.4) is 0 Å². The Hall–Kier alpha value is -3.10. The zero-order valence-electron chi connectivity index (χ0n) is 16.6. The fourth-order valence-electron chi connectivity index (χ4n) is 3.42. The molecule has 1 aliphatic rings. The highest BCUT2D eigenvalue weighted by molar-refractivity contribution is 7.71. The number of H-pyrrole nitrogens is 1. The van der Waals surface area contributed by atoms with E-state index in [4.69, 9.17) is 33.3 Å². The largest absolute Gasteiger partial charge is 0.486 e. The number of fused-ring (bicyclic) bond motifs is 2. The molecule has 0 spiro atoms. The summed E-state index contributed by atoms with van der Waals surface area (Å²) >= 11 is 11.5. The van der Waals surface area contributed by atoms with E-state index in [0.717, 1.165) is 5.56 Å². The first-order valence-corrected chi connectivity index (χ1v) is 10.5. The van der Waals surface area contributed by atoms with Crippen molar-refractivity contribution in [3.63, 3.8) is 0 Å². The van der Waals surface area contributed by atoms with Crippen molar-refractivity contribution in [2.45, 2.75) is 13.0 Å². The molecule has 0 unspecified atom stereocenters. The van der Waals surface area contributed by atoms with Gasteiger partial charge < -0.3 is 19.8 Å². The molecule has 2 heterocycles. The van der Waals surface area contributed by atoms with Crippen molar-refractivity contribution in [3.8, 4) is 11.5 Å². The van der Waals surface area contributed by atoms with E-state index >= 15 is 0 Å². The summed E-state index contributed by atoms with van der Waals surface area (Å²) in [7, 11) is 0. The van der Waals surface area contributed by atoms with Crippen LogP contribution in [0.5, 0.6) is 11.5 Å². The summed E-state index contributed by atoms with van der Waals surface area (Å²) in [6.07, 6.45) is 2.18. The first-order valence-electron chi connectivity index (χ1n) is 9.72. The molecule has 0 fully saturated rings. The molecule has 0 saturated carbocycles. The van der Waals surface area contributed by atoms with Gasteiger partial charge in [0.2, 0.25) is 0 Å². The summed E-state index contributed by atoms with van der Waals surface area (Å²) in [5.74, 6) is 0.925. The minimum Gasteiger partial charge on any atom is -0.486 e. The highest BCUT2D eigenvalue weighted by Crippen LogP contribution is 2.38. The molecule has 7 nitrogen and oxygen atoms in total. The van der Waals surface area contributed by atoms with Crippen LogP contribution in [0.2, 0.25) is 5.02 Å². The normalized spacial score (nSPS) is 12.5. The van der Waals surface area contributed by atoms with E-state index in [0.29, 0.717) is 65.7 Å². The summed E-state index contributed by atoms with van der Waals surface area (Å²) < 4.78 is 12.8. The number of carbonyl (C=O) groups excluding carboxylic acids is 1. The molecular formula is C22H20ClN3O4S. The first-order chi connectivity index (χ1) is 15.0. The highest BCUT2D eigenvalue weighted by atomic mass is 35.5. The van der Waals surface area contributed by atoms with Crippen LogP contribution in [0, 0.1) is 4.77 Å². The molecule has 2 N–H and O–H groups in total. The highest BCUT2D eigenvalue weighted by Gasteiger charge is 2.17. The number of carbonyl (C=O) groups is 1. The summed E-state index contributed by atoms with van der Waals surface area (Å²) in [6.45, 7) is 5.31. The van der Waals surface area contributed by atoms with Gasteiger partial charge >= 0.3 is 0 Å². The maximum absolute atomic E-state index is 12.6. The van der Waals surface area contributed by atoms with Crippen molar-refractivity contribution in [1.29, 1.82) is 0 Å². The van der Waals surface area contributed by atoms with Gasteiger partial charge in [0.25, 0.3) is 11.5 Å². The zero-order chi connectivity index (χ0) is 22.0. The van der Waals surface area contributed by atoms with Gasteiger partial charge in [-0.25, -0.2) is 0 Å². The van der Waals surface area contributed by atoms with Crippen LogP contribution in [-0.4, -0.2) is 35.2 Å².